The summed E-state index contributed by atoms with van der Waals surface area (Å²) in [5.41, 5.74) is 0. The molecule has 1 heterocycles. The maximum absolute atomic E-state index is 11.0. The van der Waals surface area contributed by atoms with E-state index in [0.717, 1.165) is 0 Å². The van der Waals surface area contributed by atoms with Gasteiger partial charge in [-0.05, 0) is 0 Å². The van der Waals surface area contributed by atoms with Crippen molar-refractivity contribution in [3.63, 3.8) is 0 Å². The summed E-state index contributed by atoms with van der Waals surface area (Å²) in [4.78, 5) is 22.8. The summed E-state index contributed by atoms with van der Waals surface area (Å²) >= 11 is 1.40. The van der Waals surface area contributed by atoms with E-state index < -0.39 is 17.9 Å². The van der Waals surface area contributed by atoms with E-state index in [4.69, 9.17) is 6.48 Å². The Morgan fingerprint density at radius 1 is 1.82 bits per heavy atom. The minimum absolute atomic E-state index is 0.371. The highest BCUT2D eigenvalue weighted by molar-refractivity contribution is 7.99. The second-order valence-corrected chi connectivity index (χ2v) is 3.22. The highest BCUT2D eigenvalue weighted by atomic mass is 32.2. The standard InChI is InChI=1S/C6H9NO3S/c1-4(8)7-3-11-2-5(7)6(9)10/h5H,2-3H2,1H3,(H,9,10)/t5-/m0/s1/i1D. The predicted octanol–water partition coefficient (Wildman–Crippen LogP) is -0.00760. The summed E-state index contributed by atoms with van der Waals surface area (Å²) in [6.45, 7) is -0.371. The first kappa shape index (κ1) is 6.97. The number of carboxylic acids is 1. The van der Waals surface area contributed by atoms with Crippen molar-refractivity contribution in [2.24, 2.45) is 0 Å². The first-order valence-corrected chi connectivity index (χ1v) is 4.21. The molecule has 1 amide bonds. The minimum atomic E-state index is -0.984. The van der Waals surface area contributed by atoms with Crippen LogP contribution in [0.4, 0.5) is 0 Å². The van der Waals surface area contributed by atoms with Crippen LogP contribution in [0.2, 0.25) is 0 Å². The highest BCUT2D eigenvalue weighted by Crippen LogP contribution is 2.20. The summed E-state index contributed by atoms with van der Waals surface area (Å²) < 4.78 is 6.81. The van der Waals surface area contributed by atoms with Gasteiger partial charge in [-0.15, -0.1) is 11.8 Å². The second-order valence-electron chi connectivity index (χ2n) is 2.22. The fraction of sp³-hybridized carbons (Fsp3) is 0.667. The van der Waals surface area contributed by atoms with E-state index in [1.54, 1.807) is 0 Å². The normalized spacial score (nSPS) is 24.9. The molecule has 5 heteroatoms. The van der Waals surface area contributed by atoms with Gasteiger partial charge in [-0.25, -0.2) is 4.79 Å². The van der Waals surface area contributed by atoms with Gasteiger partial charge < -0.3 is 10.0 Å². The number of rotatable bonds is 1. The van der Waals surface area contributed by atoms with Gasteiger partial charge in [0.1, 0.15) is 6.04 Å². The zero-order valence-corrected chi connectivity index (χ0v) is 6.63. The summed E-state index contributed by atoms with van der Waals surface area (Å²) in [6, 6.07) is -0.729. The first-order chi connectivity index (χ1) is 5.66. The molecular formula is C6H9NO3S. The Kier molecular flexibility index (Phi) is 1.98. The van der Waals surface area contributed by atoms with Crippen molar-refractivity contribution in [3.8, 4) is 0 Å². The molecule has 1 aliphatic heterocycles. The molecule has 62 valence electrons. The van der Waals surface area contributed by atoms with Gasteiger partial charge in [0, 0.05) is 14.0 Å². The van der Waals surface area contributed by atoms with Crippen LogP contribution in [0.3, 0.4) is 0 Å². The van der Waals surface area contributed by atoms with E-state index in [2.05, 4.69) is 0 Å². The smallest absolute Gasteiger partial charge is 0.327 e. The topological polar surface area (TPSA) is 57.6 Å². The molecule has 1 aliphatic rings. The third kappa shape index (κ3) is 1.65. The zero-order chi connectivity index (χ0) is 9.14. The van der Waals surface area contributed by atoms with Crippen LogP contribution in [0.15, 0.2) is 0 Å². The fourth-order valence-electron chi connectivity index (χ4n) is 0.893. The number of carbonyl (C=O) groups is 2. The molecule has 1 rings (SSSR count). The summed E-state index contributed by atoms with van der Waals surface area (Å²) in [6.07, 6.45) is 0. The Bertz CT molecular complexity index is 211. The zero-order valence-electron chi connectivity index (χ0n) is 6.82. The van der Waals surface area contributed by atoms with Gasteiger partial charge in [0.15, 0.2) is 0 Å². The lowest BCUT2D eigenvalue weighted by molar-refractivity contribution is -0.146. The molecule has 0 aromatic heterocycles. The van der Waals surface area contributed by atoms with E-state index in [9.17, 15) is 9.59 Å². The number of hydrogen-bond acceptors (Lipinski definition) is 3. The van der Waals surface area contributed by atoms with Gasteiger partial charge in [0.25, 0.3) is 0 Å². The summed E-state index contributed by atoms with van der Waals surface area (Å²) in [7, 11) is 0. The van der Waals surface area contributed by atoms with Crippen molar-refractivity contribution in [1.82, 2.24) is 4.90 Å². The molecule has 0 radical (unpaired) electrons. The van der Waals surface area contributed by atoms with Crippen molar-refractivity contribution < 1.29 is 16.1 Å². The van der Waals surface area contributed by atoms with E-state index in [-0.39, 0.29) is 6.90 Å². The molecule has 1 saturated heterocycles. The molecule has 0 unspecified atom stereocenters. The lowest BCUT2D eigenvalue weighted by Gasteiger charge is -2.17. The largest absolute Gasteiger partial charge is 0.480 e. The van der Waals surface area contributed by atoms with Crippen LogP contribution < -0.4 is 0 Å². The molecule has 1 N–H and O–H groups in total. The van der Waals surface area contributed by atoms with Crippen molar-refractivity contribution in [2.45, 2.75) is 12.9 Å². The van der Waals surface area contributed by atoms with Gasteiger partial charge in [0.2, 0.25) is 5.91 Å². The van der Waals surface area contributed by atoms with Crippen molar-refractivity contribution in [2.75, 3.05) is 11.6 Å². The Balaban J connectivity index is 2.63. The number of carbonyl (C=O) groups excluding carboxylic acids is 1. The fourth-order valence-corrected chi connectivity index (χ4v) is 2.06. The predicted molar refractivity (Wildman–Crippen MR) is 41.3 cm³/mol. The highest BCUT2D eigenvalue weighted by Gasteiger charge is 2.32. The molecule has 0 spiro atoms. The Hall–Kier alpha value is -0.710. The molecule has 1 atom stereocenters. The quantitative estimate of drug-likeness (QED) is 0.610. The second kappa shape index (κ2) is 3.13. The van der Waals surface area contributed by atoms with Crippen LogP contribution in [0.1, 0.15) is 8.27 Å². The van der Waals surface area contributed by atoms with Gasteiger partial charge in [-0.2, -0.15) is 0 Å². The lowest BCUT2D eigenvalue weighted by atomic mass is 10.3. The summed E-state index contributed by atoms with van der Waals surface area (Å²) in [5, 5.41) is 8.66. The number of amides is 1. The van der Waals surface area contributed by atoms with Crippen LogP contribution >= 0.6 is 11.8 Å². The van der Waals surface area contributed by atoms with Crippen LogP contribution in [0.5, 0.6) is 0 Å². The van der Waals surface area contributed by atoms with Gasteiger partial charge in [0.05, 0.1) is 5.88 Å². The van der Waals surface area contributed by atoms with Crippen LogP contribution in [-0.2, 0) is 9.59 Å². The molecule has 0 aromatic carbocycles. The van der Waals surface area contributed by atoms with Crippen molar-refractivity contribution in [3.05, 3.63) is 0 Å². The lowest BCUT2D eigenvalue weighted by Crippen LogP contribution is -2.40. The van der Waals surface area contributed by atoms with Crippen LogP contribution in [0, 0.1) is 0 Å². The Morgan fingerprint density at radius 2 is 2.55 bits per heavy atom. The molecule has 0 bridgehead atoms. The Labute approximate surface area is 70.0 Å². The van der Waals surface area contributed by atoms with E-state index in [1.165, 1.54) is 16.7 Å². The van der Waals surface area contributed by atoms with E-state index in [1.807, 2.05) is 0 Å². The number of nitrogens with zero attached hydrogens (tertiary/aromatic N) is 1. The maximum atomic E-state index is 11.0. The molecule has 11 heavy (non-hydrogen) atoms. The van der Waals surface area contributed by atoms with Crippen molar-refractivity contribution in [1.29, 1.82) is 0 Å². The molecule has 0 aromatic rings. The van der Waals surface area contributed by atoms with Crippen LogP contribution in [0.25, 0.3) is 0 Å². The number of aliphatic carboxylic acids is 1. The van der Waals surface area contributed by atoms with Crippen LogP contribution in [-0.4, -0.2) is 39.6 Å². The summed E-state index contributed by atoms with van der Waals surface area (Å²) in [5.74, 6) is -0.565. The molecule has 0 saturated carbocycles. The molecule has 4 nitrogen and oxygen atoms in total. The Morgan fingerprint density at radius 3 is 3.09 bits per heavy atom. The average molecular weight is 176 g/mol. The third-order valence-electron chi connectivity index (χ3n) is 1.49. The first-order valence-electron chi connectivity index (χ1n) is 3.76. The third-order valence-corrected chi connectivity index (χ3v) is 2.50. The average Bonchev–Trinajstić information content (AvgIpc) is 2.50. The van der Waals surface area contributed by atoms with Gasteiger partial charge in [-0.3, -0.25) is 4.79 Å². The monoisotopic (exact) mass is 176 g/mol. The van der Waals surface area contributed by atoms with Gasteiger partial charge in [-0.1, -0.05) is 0 Å². The number of thioether (sulfide) groups is 1. The number of carboxylic acid groups (broad SMARTS) is 1. The minimum Gasteiger partial charge on any atom is -0.480 e. The maximum Gasteiger partial charge on any atom is 0.327 e. The van der Waals surface area contributed by atoms with E-state index in [0.29, 0.717) is 11.6 Å². The molecule has 1 fully saturated rings. The van der Waals surface area contributed by atoms with Gasteiger partial charge >= 0.3 is 5.97 Å². The SMILES string of the molecule is [2H]CC(=O)N1CSC[C@H]1C(=O)O. The number of hydrogen-bond donors (Lipinski definition) is 1. The van der Waals surface area contributed by atoms with Crippen molar-refractivity contribution >= 4 is 23.6 Å². The molecular weight excluding hydrogens is 166 g/mol. The van der Waals surface area contributed by atoms with E-state index >= 15 is 0 Å². The molecule has 0 aliphatic carbocycles.